The van der Waals surface area contributed by atoms with Crippen molar-refractivity contribution in [1.29, 1.82) is 0 Å². The van der Waals surface area contributed by atoms with Crippen LogP contribution in [0.2, 0.25) is 0 Å². The Morgan fingerprint density at radius 3 is 2.57 bits per heavy atom. The lowest BCUT2D eigenvalue weighted by molar-refractivity contribution is -0.0266. The molecule has 0 spiro atoms. The Morgan fingerprint density at radius 1 is 1.07 bits per heavy atom. The van der Waals surface area contributed by atoms with Gasteiger partial charge in [0.15, 0.2) is 0 Å². The lowest BCUT2D eigenvalue weighted by atomic mass is 9.77. The zero-order valence-electron chi connectivity index (χ0n) is 7.35. The molecule has 0 aliphatic rings. The summed E-state index contributed by atoms with van der Waals surface area (Å²) in [7, 11) is -1.51. The topological polar surface area (TPSA) is 29.5 Å². The molecule has 4 heteroatoms. The van der Waals surface area contributed by atoms with Gasteiger partial charge in [-0.15, -0.1) is 0 Å². The predicted octanol–water partition coefficient (Wildman–Crippen LogP) is 1.43. The van der Waals surface area contributed by atoms with Gasteiger partial charge in [0.25, 0.3) is 0 Å². The molecule has 0 saturated heterocycles. The summed E-state index contributed by atoms with van der Waals surface area (Å²) in [6.45, 7) is 0. The van der Waals surface area contributed by atoms with Gasteiger partial charge in [0.2, 0.25) is 0 Å². The molecule has 0 amide bonds. The van der Waals surface area contributed by atoms with E-state index in [2.05, 4.69) is 4.86 Å². The van der Waals surface area contributed by atoms with Crippen molar-refractivity contribution < 1.29 is 14.4 Å². The Kier molecular flexibility index (Phi) is 2.48. The normalized spacial score (nSPS) is 10.4. The second kappa shape index (κ2) is 3.78. The molecule has 0 aliphatic heterocycles. The summed E-state index contributed by atoms with van der Waals surface area (Å²) in [5.41, 5.74) is 0.436. The maximum atomic E-state index is 11.9. The number of halogens is 1. The van der Waals surface area contributed by atoms with Crippen molar-refractivity contribution in [2.75, 3.05) is 0 Å². The molecule has 0 unspecified atom stereocenters. The first kappa shape index (κ1) is 9.18. The van der Waals surface area contributed by atoms with Crippen molar-refractivity contribution in [2.45, 2.75) is 0 Å². The van der Waals surface area contributed by atoms with E-state index >= 15 is 0 Å². The minimum absolute atomic E-state index is 0.436. The molecular formula is C10H8BFO2. The molecule has 0 radical (unpaired) electrons. The molecule has 2 aromatic carbocycles. The van der Waals surface area contributed by atoms with Crippen molar-refractivity contribution in [3.63, 3.8) is 0 Å². The van der Waals surface area contributed by atoms with Gasteiger partial charge in [0, 0.05) is 0 Å². The highest BCUT2D eigenvalue weighted by Gasteiger charge is 2.19. The number of hydrogen-bond donors (Lipinski definition) is 1. The van der Waals surface area contributed by atoms with Gasteiger partial charge in [0.05, 0.1) is 0 Å². The van der Waals surface area contributed by atoms with E-state index in [0.29, 0.717) is 5.46 Å². The van der Waals surface area contributed by atoms with Gasteiger partial charge < -0.3 is 5.02 Å². The van der Waals surface area contributed by atoms with E-state index in [-0.39, 0.29) is 0 Å². The van der Waals surface area contributed by atoms with E-state index in [1.165, 1.54) is 0 Å². The van der Waals surface area contributed by atoms with Crippen molar-refractivity contribution in [2.24, 2.45) is 0 Å². The van der Waals surface area contributed by atoms with Crippen LogP contribution in [0.5, 0.6) is 0 Å². The number of hydrogen-bond acceptors (Lipinski definition) is 2. The van der Waals surface area contributed by atoms with E-state index < -0.39 is 7.12 Å². The van der Waals surface area contributed by atoms with Crippen LogP contribution in [-0.4, -0.2) is 12.1 Å². The van der Waals surface area contributed by atoms with Crippen LogP contribution in [0.25, 0.3) is 10.8 Å². The third-order valence-electron chi connectivity index (χ3n) is 2.17. The standard InChI is InChI=1S/C10H8BFO2/c12-14-11(13)10-7-3-5-8-4-1-2-6-9(8)10/h1-7,13H. The quantitative estimate of drug-likeness (QED) is 0.725. The Balaban J connectivity index is 2.65. The summed E-state index contributed by atoms with van der Waals surface area (Å²) >= 11 is 0. The third-order valence-corrected chi connectivity index (χ3v) is 2.17. The van der Waals surface area contributed by atoms with Gasteiger partial charge in [-0.05, 0) is 16.2 Å². The van der Waals surface area contributed by atoms with Crippen LogP contribution in [0.3, 0.4) is 0 Å². The summed E-state index contributed by atoms with van der Waals surface area (Å²) in [5, 5.41) is 11.0. The maximum absolute atomic E-state index is 11.9. The van der Waals surface area contributed by atoms with Crippen LogP contribution in [0.4, 0.5) is 4.53 Å². The molecule has 2 rings (SSSR count). The van der Waals surface area contributed by atoms with Gasteiger partial charge in [0.1, 0.15) is 0 Å². The van der Waals surface area contributed by atoms with E-state index in [0.717, 1.165) is 10.8 Å². The van der Waals surface area contributed by atoms with Crippen molar-refractivity contribution in [1.82, 2.24) is 0 Å². The largest absolute Gasteiger partial charge is 0.530 e. The molecule has 70 valence electrons. The van der Waals surface area contributed by atoms with E-state index in [1.807, 2.05) is 30.3 Å². The van der Waals surface area contributed by atoms with Gasteiger partial charge in [-0.1, -0.05) is 47.0 Å². The van der Waals surface area contributed by atoms with E-state index in [1.54, 1.807) is 12.1 Å². The van der Waals surface area contributed by atoms with Crippen molar-refractivity contribution >= 4 is 23.4 Å². The fraction of sp³-hybridized carbons (Fsp3) is 0. The van der Waals surface area contributed by atoms with E-state index in [4.69, 9.17) is 0 Å². The fourth-order valence-corrected chi connectivity index (χ4v) is 1.51. The van der Waals surface area contributed by atoms with Crippen LogP contribution >= 0.6 is 0 Å². The van der Waals surface area contributed by atoms with Gasteiger partial charge in [-0.3, -0.25) is 0 Å². The van der Waals surface area contributed by atoms with Crippen molar-refractivity contribution in [3.8, 4) is 0 Å². The minimum atomic E-state index is -1.51. The summed E-state index contributed by atoms with van der Waals surface area (Å²) in [6, 6.07) is 12.7. The highest BCUT2D eigenvalue weighted by molar-refractivity contribution is 6.62. The fourth-order valence-electron chi connectivity index (χ4n) is 1.51. The van der Waals surface area contributed by atoms with Crippen LogP contribution in [-0.2, 0) is 4.86 Å². The smallest absolute Gasteiger partial charge is 0.421 e. The molecule has 0 saturated carbocycles. The minimum Gasteiger partial charge on any atom is -0.421 e. The molecule has 0 aromatic heterocycles. The molecule has 0 aliphatic carbocycles. The zero-order valence-corrected chi connectivity index (χ0v) is 7.35. The SMILES string of the molecule is OB(OF)c1cccc2ccccc12. The molecule has 1 N–H and O–H groups in total. The summed E-state index contributed by atoms with van der Waals surface area (Å²) in [4.78, 5) is 3.40. The number of rotatable bonds is 2. The van der Waals surface area contributed by atoms with Crippen LogP contribution in [0.15, 0.2) is 42.5 Å². The van der Waals surface area contributed by atoms with Gasteiger partial charge >= 0.3 is 7.12 Å². The average molecular weight is 190 g/mol. The first-order chi connectivity index (χ1) is 6.83. The number of fused-ring (bicyclic) bond motifs is 1. The van der Waals surface area contributed by atoms with E-state index in [9.17, 15) is 9.55 Å². The molecule has 14 heavy (non-hydrogen) atoms. The molecule has 0 heterocycles. The van der Waals surface area contributed by atoms with Crippen LogP contribution in [0, 0.1) is 0 Å². The first-order valence-electron chi connectivity index (χ1n) is 4.26. The zero-order chi connectivity index (χ0) is 9.97. The van der Waals surface area contributed by atoms with Crippen LogP contribution in [0.1, 0.15) is 0 Å². The summed E-state index contributed by atoms with van der Waals surface area (Å²) in [6.07, 6.45) is 0. The maximum Gasteiger partial charge on any atom is 0.530 e. The molecule has 0 bridgehead atoms. The Morgan fingerprint density at radius 2 is 1.79 bits per heavy atom. The molecule has 2 aromatic rings. The first-order valence-corrected chi connectivity index (χ1v) is 4.26. The molecular weight excluding hydrogens is 182 g/mol. The molecule has 0 fully saturated rings. The Bertz CT molecular complexity index is 442. The van der Waals surface area contributed by atoms with Crippen molar-refractivity contribution in [3.05, 3.63) is 42.5 Å². The molecule has 0 atom stereocenters. The predicted molar refractivity (Wildman–Crippen MR) is 53.7 cm³/mol. The van der Waals surface area contributed by atoms with Crippen LogP contribution < -0.4 is 5.46 Å². The second-order valence-corrected chi connectivity index (χ2v) is 3.01. The lowest BCUT2D eigenvalue weighted by Gasteiger charge is -2.05. The van der Waals surface area contributed by atoms with Gasteiger partial charge in [-0.2, -0.15) is 0 Å². The highest BCUT2D eigenvalue weighted by atomic mass is 19.3. The Hall–Kier alpha value is -1.39. The monoisotopic (exact) mass is 190 g/mol. The Labute approximate surface area is 81.0 Å². The summed E-state index contributed by atoms with van der Waals surface area (Å²) < 4.78 is 11.9. The third kappa shape index (κ3) is 1.50. The molecule has 2 nitrogen and oxygen atoms in total. The lowest BCUT2D eigenvalue weighted by Crippen LogP contribution is -2.31. The summed E-state index contributed by atoms with van der Waals surface area (Å²) in [5.74, 6) is 0. The number of benzene rings is 2. The average Bonchev–Trinajstić information content (AvgIpc) is 2.27. The second-order valence-electron chi connectivity index (χ2n) is 3.01. The highest BCUT2D eigenvalue weighted by Crippen LogP contribution is 2.11. The van der Waals surface area contributed by atoms with Gasteiger partial charge in [-0.25, -0.2) is 4.86 Å².